The summed E-state index contributed by atoms with van der Waals surface area (Å²) in [7, 11) is -2.90. The van der Waals surface area contributed by atoms with Crippen molar-refractivity contribution in [2.45, 2.75) is 45.4 Å². The monoisotopic (exact) mass is 295 g/mol. The highest BCUT2D eigenvalue weighted by molar-refractivity contribution is 7.90. The molecule has 2 unspecified atom stereocenters. The maximum atomic E-state index is 12.0. The quantitative estimate of drug-likeness (QED) is 0.684. The van der Waals surface area contributed by atoms with E-state index in [2.05, 4.69) is 9.46 Å². The molecule has 0 amide bonds. The zero-order chi connectivity index (χ0) is 15.4. The lowest BCUT2D eigenvalue weighted by Gasteiger charge is -2.30. The van der Waals surface area contributed by atoms with Gasteiger partial charge < -0.3 is 9.84 Å². The van der Waals surface area contributed by atoms with Crippen LogP contribution < -0.4 is 4.72 Å². The van der Waals surface area contributed by atoms with Crippen LogP contribution in [0.3, 0.4) is 0 Å². The standard InChI is InChI=1S/C11H21NO6S/c1-7(10(15)18-5)19(16,17)12-8(6-9(13)14)11(2,3)4/h7-8,12H,6H2,1-5H3,(H,13,14). The van der Waals surface area contributed by atoms with E-state index in [4.69, 9.17) is 5.11 Å². The largest absolute Gasteiger partial charge is 0.481 e. The van der Waals surface area contributed by atoms with Crippen LogP contribution in [0.2, 0.25) is 0 Å². The van der Waals surface area contributed by atoms with Gasteiger partial charge in [-0.3, -0.25) is 9.59 Å². The summed E-state index contributed by atoms with van der Waals surface area (Å²) >= 11 is 0. The van der Waals surface area contributed by atoms with Crippen molar-refractivity contribution >= 4 is 22.0 Å². The third-order valence-corrected chi connectivity index (χ3v) is 4.47. The molecular weight excluding hydrogens is 274 g/mol. The number of carbonyl (C=O) groups excluding carboxylic acids is 1. The van der Waals surface area contributed by atoms with Crippen molar-refractivity contribution in [1.29, 1.82) is 0 Å². The van der Waals surface area contributed by atoms with E-state index < -0.39 is 38.7 Å². The third-order valence-electron chi connectivity index (χ3n) is 2.73. The number of hydrogen-bond acceptors (Lipinski definition) is 5. The van der Waals surface area contributed by atoms with Crippen LogP contribution in [0.4, 0.5) is 0 Å². The van der Waals surface area contributed by atoms with Gasteiger partial charge in [0.25, 0.3) is 0 Å². The predicted molar refractivity (Wildman–Crippen MR) is 69.0 cm³/mol. The summed E-state index contributed by atoms with van der Waals surface area (Å²) in [6.45, 7) is 6.33. The number of esters is 1. The number of hydrogen-bond donors (Lipinski definition) is 2. The minimum atomic E-state index is -3.99. The molecule has 0 aromatic heterocycles. The minimum absolute atomic E-state index is 0.364. The van der Waals surface area contributed by atoms with E-state index in [-0.39, 0.29) is 6.42 Å². The van der Waals surface area contributed by atoms with Gasteiger partial charge in [0.2, 0.25) is 10.0 Å². The van der Waals surface area contributed by atoms with Crippen molar-refractivity contribution in [2.75, 3.05) is 7.11 Å². The number of methoxy groups -OCH3 is 1. The molecule has 0 saturated carbocycles. The number of aliphatic carboxylic acids is 1. The maximum Gasteiger partial charge on any atom is 0.325 e. The molecule has 0 aliphatic rings. The SMILES string of the molecule is COC(=O)C(C)S(=O)(=O)NC(CC(=O)O)C(C)(C)C. The van der Waals surface area contributed by atoms with Crippen molar-refractivity contribution in [3.8, 4) is 0 Å². The molecule has 7 nitrogen and oxygen atoms in total. The van der Waals surface area contributed by atoms with Gasteiger partial charge in [-0.2, -0.15) is 0 Å². The van der Waals surface area contributed by atoms with E-state index in [9.17, 15) is 18.0 Å². The molecule has 0 radical (unpaired) electrons. The van der Waals surface area contributed by atoms with E-state index in [1.165, 1.54) is 6.92 Å². The Morgan fingerprint density at radius 2 is 1.79 bits per heavy atom. The van der Waals surface area contributed by atoms with Crippen LogP contribution in [0, 0.1) is 5.41 Å². The van der Waals surface area contributed by atoms with Crippen LogP contribution >= 0.6 is 0 Å². The molecule has 0 rings (SSSR count). The number of sulfonamides is 1. The Balaban J connectivity index is 5.14. The van der Waals surface area contributed by atoms with Crippen LogP contribution in [0.5, 0.6) is 0 Å². The first kappa shape index (κ1) is 17.8. The molecule has 2 N–H and O–H groups in total. The molecule has 0 bridgehead atoms. The Morgan fingerprint density at radius 1 is 1.32 bits per heavy atom. The van der Waals surface area contributed by atoms with Gasteiger partial charge >= 0.3 is 11.9 Å². The fourth-order valence-electron chi connectivity index (χ4n) is 1.29. The van der Waals surface area contributed by atoms with Gasteiger partial charge in [-0.05, 0) is 12.3 Å². The molecule has 2 atom stereocenters. The van der Waals surface area contributed by atoms with E-state index in [0.29, 0.717) is 0 Å². The Labute approximate surface area is 113 Å². The van der Waals surface area contributed by atoms with Gasteiger partial charge in [0.1, 0.15) is 0 Å². The Kier molecular flexibility index (Phi) is 5.95. The van der Waals surface area contributed by atoms with Gasteiger partial charge in [-0.15, -0.1) is 0 Å². The van der Waals surface area contributed by atoms with Gasteiger partial charge in [-0.1, -0.05) is 20.8 Å². The van der Waals surface area contributed by atoms with Gasteiger partial charge in [0.05, 0.1) is 13.5 Å². The predicted octanol–water partition coefficient (Wildman–Crippen LogP) is 0.357. The van der Waals surface area contributed by atoms with E-state index in [0.717, 1.165) is 7.11 Å². The summed E-state index contributed by atoms with van der Waals surface area (Å²) in [5, 5.41) is 7.42. The average molecular weight is 295 g/mol. The molecule has 0 spiro atoms. The normalized spacial score (nSPS) is 15.6. The van der Waals surface area contributed by atoms with Crippen LogP contribution in [-0.2, 0) is 24.3 Å². The zero-order valence-corrected chi connectivity index (χ0v) is 12.6. The zero-order valence-electron chi connectivity index (χ0n) is 11.8. The topological polar surface area (TPSA) is 110 Å². The molecule has 8 heteroatoms. The second-order valence-corrected chi connectivity index (χ2v) is 7.38. The molecular formula is C11H21NO6S. The minimum Gasteiger partial charge on any atom is -0.481 e. The Bertz CT molecular complexity index is 437. The lowest BCUT2D eigenvalue weighted by molar-refractivity contribution is -0.140. The highest BCUT2D eigenvalue weighted by atomic mass is 32.2. The van der Waals surface area contributed by atoms with Gasteiger partial charge in [0, 0.05) is 6.04 Å². The van der Waals surface area contributed by atoms with Crippen LogP contribution in [-0.4, -0.2) is 43.9 Å². The number of carboxylic acids is 1. The van der Waals surface area contributed by atoms with E-state index >= 15 is 0 Å². The van der Waals surface area contributed by atoms with Crippen LogP contribution in [0.15, 0.2) is 0 Å². The van der Waals surface area contributed by atoms with Crippen molar-refractivity contribution in [3.63, 3.8) is 0 Å². The number of carboxylic acid groups (broad SMARTS) is 1. The van der Waals surface area contributed by atoms with Crippen LogP contribution in [0.1, 0.15) is 34.1 Å². The molecule has 0 heterocycles. The third kappa shape index (κ3) is 5.56. The lowest BCUT2D eigenvalue weighted by Crippen LogP contribution is -2.49. The molecule has 19 heavy (non-hydrogen) atoms. The Hall–Kier alpha value is -1.15. The molecule has 0 fully saturated rings. The number of nitrogens with one attached hydrogen (secondary N) is 1. The second-order valence-electron chi connectivity index (χ2n) is 5.34. The summed E-state index contributed by atoms with van der Waals surface area (Å²) in [4.78, 5) is 22.0. The van der Waals surface area contributed by atoms with Gasteiger partial charge in [0.15, 0.2) is 5.25 Å². The average Bonchev–Trinajstić information content (AvgIpc) is 2.23. The van der Waals surface area contributed by atoms with Gasteiger partial charge in [-0.25, -0.2) is 13.1 Å². The second kappa shape index (κ2) is 6.33. The number of ether oxygens (including phenoxy) is 1. The lowest BCUT2D eigenvalue weighted by atomic mass is 9.85. The maximum absolute atomic E-state index is 12.0. The first-order valence-electron chi connectivity index (χ1n) is 5.72. The number of carbonyl (C=O) groups is 2. The van der Waals surface area contributed by atoms with Crippen LogP contribution in [0.25, 0.3) is 0 Å². The summed E-state index contributed by atoms with van der Waals surface area (Å²) in [5.41, 5.74) is -0.596. The molecule has 112 valence electrons. The van der Waals surface area contributed by atoms with E-state index in [1.54, 1.807) is 20.8 Å². The van der Waals surface area contributed by atoms with Crippen molar-refractivity contribution in [3.05, 3.63) is 0 Å². The fraction of sp³-hybridized carbons (Fsp3) is 0.818. The molecule has 0 aromatic carbocycles. The Morgan fingerprint density at radius 3 is 2.11 bits per heavy atom. The summed E-state index contributed by atoms with van der Waals surface area (Å²) in [6, 6.07) is -0.817. The van der Waals surface area contributed by atoms with Crippen molar-refractivity contribution in [1.82, 2.24) is 4.72 Å². The highest BCUT2D eigenvalue weighted by Gasteiger charge is 2.36. The summed E-state index contributed by atoms with van der Waals surface area (Å²) in [6.07, 6.45) is -0.364. The fourth-order valence-corrected chi connectivity index (χ4v) is 2.68. The number of rotatable bonds is 6. The first-order valence-corrected chi connectivity index (χ1v) is 7.27. The highest BCUT2D eigenvalue weighted by Crippen LogP contribution is 2.23. The molecule has 0 aliphatic heterocycles. The molecule has 0 aromatic rings. The summed E-state index contributed by atoms with van der Waals surface area (Å²) in [5.74, 6) is -2.01. The molecule has 0 aliphatic carbocycles. The van der Waals surface area contributed by atoms with E-state index in [1.807, 2.05) is 0 Å². The summed E-state index contributed by atoms with van der Waals surface area (Å²) < 4.78 is 30.6. The molecule has 0 saturated heterocycles. The smallest absolute Gasteiger partial charge is 0.325 e. The van der Waals surface area contributed by atoms with Crippen molar-refractivity contribution < 1.29 is 27.9 Å². The van der Waals surface area contributed by atoms with Crippen molar-refractivity contribution in [2.24, 2.45) is 5.41 Å². The first-order chi connectivity index (χ1) is 8.41.